The normalized spacial score (nSPS) is 10.6. The minimum Gasteiger partial charge on any atom is -0.478 e. The summed E-state index contributed by atoms with van der Waals surface area (Å²) < 4.78 is 5.28. The molecule has 2 rings (SSSR count). The van der Waals surface area contributed by atoms with Crippen LogP contribution in [0.4, 0.5) is 0 Å². The first-order valence-electron chi connectivity index (χ1n) is 7.17. The Morgan fingerprint density at radius 2 is 2.00 bits per heavy atom. The van der Waals surface area contributed by atoms with Crippen LogP contribution >= 0.6 is 0 Å². The van der Waals surface area contributed by atoms with Gasteiger partial charge in [0.25, 0.3) is 11.5 Å². The van der Waals surface area contributed by atoms with E-state index in [2.05, 4.69) is 10.3 Å². The molecule has 0 aromatic carbocycles. The van der Waals surface area contributed by atoms with Gasteiger partial charge in [-0.05, 0) is 25.5 Å². The summed E-state index contributed by atoms with van der Waals surface area (Å²) in [7, 11) is 0. The molecular weight excluding hydrogens is 300 g/mol. The molecule has 0 aliphatic rings. The predicted molar refractivity (Wildman–Crippen MR) is 82.8 cm³/mol. The highest BCUT2D eigenvalue weighted by Crippen LogP contribution is 2.16. The highest BCUT2D eigenvalue weighted by Gasteiger charge is 2.20. The quantitative estimate of drug-likeness (QED) is 0.778. The average molecular weight is 318 g/mol. The maximum absolute atomic E-state index is 12.1. The van der Waals surface area contributed by atoms with E-state index >= 15 is 0 Å². The molecule has 7 nitrogen and oxygen atoms in total. The third-order valence-corrected chi connectivity index (χ3v) is 3.50. The second kappa shape index (κ2) is 6.51. The van der Waals surface area contributed by atoms with Gasteiger partial charge in [-0.2, -0.15) is 0 Å². The van der Waals surface area contributed by atoms with Gasteiger partial charge in [-0.15, -0.1) is 0 Å². The summed E-state index contributed by atoms with van der Waals surface area (Å²) in [5, 5.41) is 11.6. The van der Waals surface area contributed by atoms with Crippen LogP contribution in [0.3, 0.4) is 0 Å². The molecular formula is C16H18N2O5. The van der Waals surface area contributed by atoms with Gasteiger partial charge in [0.15, 0.2) is 5.76 Å². The van der Waals surface area contributed by atoms with Crippen LogP contribution in [-0.2, 0) is 13.0 Å². The molecule has 0 unspecified atom stereocenters. The first-order chi connectivity index (χ1) is 10.8. The summed E-state index contributed by atoms with van der Waals surface area (Å²) in [6.07, 6.45) is 0.367. The Labute approximate surface area is 132 Å². The third-order valence-electron chi connectivity index (χ3n) is 3.50. The van der Waals surface area contributed by atoms with E-state index in [-0.39, 0.29) is 29.2 Å². The zero-order valence-electron chi connectivity index (χ0n) is 13.1. The molecule has 0 radical (unpaired) electrons. The Morgan fingerprint density at radius 3 is 2.52 bits per heavy atom. The fraction of sp³-hybridized carbons (Fsp3) is 0.312. The molecule has 3 N–H and O–H groups in total. The van der Waals surface area contributed by atoms with Gasteiger partial charge < -0.3 is 19.8 Å². The highest BCUT2D eigenvalue weighted by atomic mass is 16.4. The number of hydrogen-bond acceptors (Lipinski definition) is 4. The number of aromatic carboxylic acids is 1. The van der Waals surface area contributed by atoms with Crippen molar-refractivity contribution in [1.29, 1.82) is 0 Å². The van der Waals surface area contributed by atoms with Gasteiger partial charge in [-0.3, -0.25) is 9.59 Å². The SMILES string of the molecule is CCc1oc(C(=O)NCc2c(C)cc(C)[nH]c2=O)cc1C(=O)O. The van der Waals surface area contributed by atoms with E-state index in [1.54, 1.807) is 20.8 Å². The van der Waals surface area contributed by atoms with Crippen LogP contribution in [0.5, 0.6) is 0 Å². The van der Waals surface area contributed by atoms with Gasteiger partial charge in [0.2, 0.25) is 0 Å². The molecule has 2 aromatic rings. The topological polar surface area (TPSA) is 112 Å². The van der Waals surface area contributed by atoms with Crippen LogP contribution in [0.2, 0.25) is 0 Å². The van der Waals surface area contributed by atoms with Gasteiger partial charge in [0.1, 0.15) is 11.3 Å². The van der Waals surface area contributed by atoms with Crippen molar-refractivity contribution in [3.8, 4) is 0 Å². The minimum absolute atomic E-state index is 0.0259. The Bertz CT molecular complexity index is 816. The number of aromatic amines is 1. The zero-order chi connectivity index (χ0) is 17.1. The van der Waals surface area contributed by atoms with Crippen molar-refractivity contribution in [3.05, 3.63) is 56.4 Å². The van der Waals surface area contributed by atoms with E-state index in [4.69, 9.17) is 9.52 Å². The van der Waals surface area contributed by atoms with Crippen molar-refractivity contribution >= 4 is 11.9 Å². The Morgan fingerprint density at radius 1 is 1.30 bits per heavy atom. The number of aryl methyl sites for hydroxylation is 3. The molecule has 2 heterocycles. The third kappa shape index (κ3) is 3.50. The van der Waals surface area contributed by atoms with Crippen molar-refractivity contribution in [2.75, 3.05) is 0 Å². The van der Waals surface area contributed by atoms with Gasteiger partial charge in [-0.25, -0.2) is 4.79 Å². The van der Waals surface area contributed by atoms with Gasteiger partial charge in [-0.1, -0.05) is 6.92 Å². The number of amides is 1. The van der Waals surface area contributed by atoms with Crippen molar-refractivity contribution in [2.45, 2.75) is 33.7 Å². The van der Waals surface area contributed by atoms with Crippen LogP contribution in [-0.4, -0.2) is 22.0 Å². The van der Waals surface area contributed by atoms with E-state index in [1.165, 1.54) is 6.07 Å². The highest BCUT2D eigenvalue weighted by molar-refractivity contribution is 5.96. The van der Waals surface area contributed by atoms with Gasteiger partial charge in [0, 0.05) is 30.3 Å². The molecule has 23 heavy (non-hydrogen) atoms. The Balaban J connectivity index is 2.18. The lowest BCUT2D eigenvalue weighted by Crippen LogP contribution is -2.27. The molecule has 122 valence electrons. The number of carboxylic acid groups (broad SMARTS) is 1. The van der Waals surface area contributed by atoms with E-state index in [9.17, 15) is 14.4 Å². The fourth-order valence-corrected chi connectivity index (χ4v) is 2.34. The molecule has 0 saturated heterocycles. The first kappa shape index (κ1) is 16.5. The second-order valence-electron chi connectivity index (χ2n) is 5.23. The summed E-state index contributed by atoms with van der Waals surface area (Å²) in [5.41, 5.74) is 1.67. The minimum atomic E-state index is -1.14. The number of carboxylic acids is 1. The molecule has 0 spiro atoms. The number of nitrogens with one attached hydrogen (secondary N) is 2. The van der Waals surface area contributed by atoms with E-state index < -0.39 is 11.9 Å². The molecule has 0 bridgehead atoms. The Hall–Kier alpha value is -2.83. The molecule has 7 heteroatoms. The van der Waals surface area contributed by atoms with E-state index in [1.807, 2.05) is 6.07 Å². The monoisotopic (exact) mass is 318 g/mol. The van der Waals surface area contributed by atoms with Crippen LogP contribution < -0.4 is 10.9 Å². The number of furan rings is 1. The lowest BCUT2D eigenvalue weighted by Gasteiger charge is -2.07. The largest absolute Gasteiger partial charge is 0.478 e. The summed E-state index contributed by atoms with van der Waals surface area (Å²) in [5.74, 6) is -1.55. The summed E-state index contributed by atoms with van der Waals surface area (Å²) in [6.45, 7) is 5.33. The van der Waals surface area contributed by atoms with E-state index in [0.29, 0.717) is 12.0 Å². The molecule has 1 amide bonds. The van der Waals surface area contributed by atoms with Crippen LogP contribution in [0.1, 0.15) is 50.4 Å². The summed E-state index contributed by atoms with van der Waals surface area (Å²) in [6, 6.07) is 3.01. The van der Waals surface area contributed by atoms with Crippen molar-refractivity contribution in [2.24, 2.45) is 0 Å². The average Bonchev–Trinajstić information content (AvgIpc) is 2.90. The van der Waals surface area contributed by atoms with Gasteiger partial charge in [0.05, 0.1) is 0 Å². The van der Waals surface area contributed by atoms with Gasteiger partial charge >= 0.3 is 5.97 Å². The van der Waals surface area contributed by atoms with E-state index in [0.717, 1.165) is 11.3 Å². The lowest BCUT2D eigenvalue weighted by molar-refractivity contribution is 0.0694. The molecule has 0 aliphatic heterocycles. The molecule has 0 aliphatic carbocycles. The molecule has 0 fully saturated rings. The number of pyridine rings is 1. The number of H-pyrrole nitrogens is 1. The van der Waals surface area contributed by atoms with Crippen molar-refractivity contribution < 1.29 is 19.1 Å². The first-order valence-corrected chi connectivity index (χ1v) is 7.17. The smallest absolute Gasteiger partial charge is 0.339 e. The second-order valence-corrected chi connectivity index (χ2v) is 5.23. The van der Waals surface area contributed by atoms with Crippen molar-refractivity contribution in [3.63, 3.8) is 0 Å². The Kier molecular flexibility index (Phi) is 4.68. The number of rotatable bonds is 5. The van der Waals surface area contributed by atoms with Crippen LogP contribution in [0.25, 0.3) is 0 Å². The predicted octanol–water partition coefficient (Wildman–Crippen LogP) is 1.78. The summed E-state index contributed by atoms with van der Waals surface area (Å²) in [4.78, 5) is 37.7. The maximum atomic E-state index is 12.1. The van der Waals surface area contributed by atoms with Crippen LogP contribution in [0, 0.1) is 13.8 Å². The summed E-state index contributed by atoms with van der Waals surface area (Å²) >= 11 is 0. The molecule has 2 aromatic heterocycles. The standard InChI is InChI=1S/C16H18N2O5/c1-4-12-10(16(21)22)6-13(23-12)15(20)17-7-11-8(2)5-9(3)18-14(11)19/h5-6H,4,7H2,1-3H3,(H,17,20)(H,18,19)(H,21,22). The molecule has 0 saturated carbocycles. The lowest BCUT2D eigenvalue weighted by atomic mass is 10.1. The maximum Gasteiger partial charge on any atom is 0.339 e. The zero-order valence-corrected chi connectivity index (χ0v) is 13.1. The van der Waals surface area contributed by atoms with Crippen molar-refractivity contribution in [1.82, 2.24) is 10.3 Å². The molecule has 0 atom stereocenters. The number of carbonyl (C=O) groups excluding carboxylic acids is 1. The fourth-order valence-electron chi connectivity index (χ4n) is 2.34. The number of carbonyl (C=O) groups is 2. The van der Waals surface area contributed by atoms with Crippen LogP contribution in [0.15, 0.2) is 21.3 Å². The number of aromatic nitrogens is 1. The number of hydrogen-bond donors (Lipinski definition) is 3.